The summed E-state index contributed by atoms with van der Waals surface area (Å²) >= 11 is 1.56. The first-order chi connectivity index (χ1) is 46.9. The molecule has 26 nitrogen and oxygen atoms in total. The first-order valence-electron chi connectivity index (χ1n) is 34.1. The molecule has 4 aliphatic carbocycles. The maximum Gasteiger partial charge on any atom is 0.355 e. The second-order valence-corrected chi connectivity index (χ2v) is 30.0. The Bertz CT molecular complexity index is 3980. The van der Waals surface area contributed by atoms with E-state index in [0.717, 1.165) is 130 Å². The van der Waals surface area contributed by atoms with E-state index in [1.54, 1.807) is 31.4 Å². The van der Waals surface area contributed by atoms with Crippen LogP contribution in [0.4, 0.5) is 33.1 Å². The van der Waals surface area contributed by atoms with Crippen LogP contribution in [0.25, 0.3) is 21.3 Å². The number of carbonyl (C=O) groups is 7. The molecule has 4 saturated carbocycles. The fraction of sp³-hybridized carbons (Fsp3) is 0.521. The fourth-order valence-electron chi connectivity index (χ4n) is 17.1. The average Bonchev–Trinajstić information content (AvgIpc) is 0.752. The van der Waals surface area contributed by atoms with Gasteiger partial charge in [0.2, 0.25) is 17.7 Å². The van der Waals surface area contributed by atoms with Gasteiger partial charge in [0.05, 0.1) is 61.6 Å². The van der Waals surface area contributed by atoms with Crippen molar-refractivity contribution in [3.8, 4) is 11.1 Å². The van der Waals surface area contributed by atoms with Crippen LogP contribution in [-0.2, 0) is 57.7 Å². The van der Waals surface area contributed by atoms with E-state index in [1.165, 1.54) is 12.2 Å². The van der Waals surface area contributed by atoms with Gasteiger partial charge in [0, 0.05) is 77.4 Å². The summed E-state index contributed by atoms with van der Waals surface area (Å²) in [7, 11) is 0. The number of hydrogen-bond acceptors (Lipinski definition) is 18. The molecule has 13 rings (SSSR count). The van der Waals surface area contributed by atoms with E-state index in [2.05, 4.69) is 50.2 Å². The summed E-state index contributed by atoms with van der Waals surface area (Å²) in [6.07, 6.45) is 12.3. The minimum absolute atomic E-state index is 0.0124. The third-order valence-electron chi connectivity index (χ3n) is 20.6. The molecule has 6 atom stereocenters. The number of aromatic nitrogens is 6. The molecule has 4 bridgehead atoms. The number of nitrogens with zero attached hydrogens (tertiary/aromatic N) is 9. The molecule has 1 saturated heterocycles. The van der Waals surface area contributed by atoms with E-state index in [-0.39, 0.29) is 72.6 Å². The number of ether oxygens (including phenoxy) is 3. The molecule has 4 aromatic heterocycles. The van der Waals surface area contributed by atoms with Gasteiger partial charge in [-0.2, -0.15) is 5.10 Å². The highest BCUT2D eigenvalue weighted by molar-refractivity contribution is 7.22. The number of primary amides is 1. The number of imide groups is 1. The van der Waals surface area contributed by atoms with Crippen LogP contribution in [0.3, 0.4) is 0 Å². The van der Waals surface area contributed by atoms with Crippen molar-refractivity contribution in [2.75, 3.05) is 87.8 Å². The highest BCUT2D eigenvalue weighted by Gasteiger charge is 2.66. The second kappa shape index (κ2) is 28.6. The van der Waals surface area contributed by atoms with Crippen molar-refractivity contribution in [2.24, 2.45) is 27.9 Å². The van der Waals surface area contributed by atoms with Crippen molar-refractivity contribution in [3.63, 3.8) is 0 Å². The number of morpholine rings is 1. The number of carboxylic acids is 1. The summed E-state index contributed by atoms with van der Waals surface area (Å²) < 4.78 is 22.8. The van der Waals surface area contributed by atoms with Crippen molar-refractivity contribution >= 4 is 91.4 Å². The van der Waals surface area contributed by atoms with Gasteiger partial charge in [0.15, 0.2) is 22.5 Å². The number of urea groups is 1. The Morgan fingerprint density at radius 3 is 2.31 bits per heavy atom. The van der Waals surface area contributed by atoms with Gasteiger partial charge < -0.3 is 61.0 Å². The van der Waals surface area contributed by atoms with Crippen LogP contribution in [0.2, 0.25) is 0 Å². The van der Waals surface area contributed by atoms with Gasteiger partial charge in [-0.15, -0.1) is 10.2 Å². The number of carboxylic acid groups (broad SMARTS) is 1. The van der Waals surface area contributed by atoms with Gasteiger partial charge in [-0.25, -0.2) is 19.6 Å². The lowest BCUT2D eigenvalue weighted by molar-refractivity contribution is -0.948. The molecule has 98 heavy (non-hydrogen) atoms. The maximum absolute atomic E-state index is 14.1. The molecule has 0 spiro atoms. The highest BCUT2D eigenvalue weighted by Crippen LogP contribution is 2.72. The third-order valence-corrected chi connectivity index (χ3v) is 21.6. The van der Waals surface area contributed by atoms with Crippen molar-refractivity contribution in [3.05, 3.63) is 107 Å². The number of hydrogen-bond donors (Lipinski definition) is 7. The van der Waals surface area contributed by atoms with Crippen LogP contribution in [0.5, 0.6) is 0 Å². The van der Waals surface area contributed by atoms with E-state index in [9.17, 15) is 38.7 Å². The van der Waals surface area contributed by atoms with Crippen molar-refractivity contribution < 1.29 is 57.4 Å². The first-order valence-corrected chi connectivity index (χ1v) is 35.0. The minimum atomic E-state index is -1.12. The number of amides is 7. The van der Waals surface area contributed by atoms with Crippen LogP contribution in [-0.4, -0.2) is 176 Å². The molecule has 7 aliphatic rings. The predicted molar refractivity (Wildman–Crippen MR) is 368 cm³/mol. The van der Waals surface area contributed by atoms with E-state index in [0.29, 0.717) is 68.0 Å². The van der Waals surface area contributed by atoms with Gasteiger partial charge in [0.25, 0.3) is 11.8 Å². The second-order valence-electron chi connectivity index (χ2n) is 29.0. The van der Waals surface area contributed by atoms with Crippen LogP contribution in [0.1, 0.15) is 125 Å². The van der Waals surface area contributed by atoms with Gasteiger partial charge in [0.1, 0.15) is 44.1 Å². The monoisotopic (exact) mass is 1360 g/mol. The van der Waals surface area contributed by atoms with E-state index in [1.807, 2.05) is 79.4 Å². The molecule has 27 heteroatoms. The third kappa shape index (κ3) is 15.4. The van der Waals surface area contributed by atoms with E-state index >= 15 is 0 Å². The number of rotatable bonds is 29. The Morgan fingerprint density at radius 2 is 1.59 bits per heavy atom. The molecule has 5 fully saturated rings. The summed E-state index contributed by atoms with van der Waals surface area (Å²) in [6.45, 7) is 19.0. The Morgan fingerprint density at radius 1 is 0.847 bits per heavy atom. The number of nitrogens with one attached hydrogen (secondary N) is 5. The number of pyridine rings is 1. The number of nitrogens with two attached hydrogens (primary N) is 1. The van der Waals surface area contributed by atoms with Gasteiger partial charge in [-0.3, -0.25) is 33.6 Å². The maximum atomic E-state index is 14.1. The molecule has 2 aromatic carbocycles. The Labute approximate surface area is 573 Å². The lowest BCUT2D eigenvalue weighted by atomic mass is 9.39. The number of fused-ring (bicyclic) bond motifs is 2. The molecule has 7 heterocycles. The number of thiazole rings is 1. The van der Waals surface area contributed by atoms with Crippen LogP contribution in [0.15, 0.2) is 79.0 Å². The molecule has 8 N–H and O–H groups in total. The van der Waals surface area contributed by atoms with Crippen LogP contribution >= 0.6 is 11.3 Å². The zero-order chi connectivity index (χ0) is 69.2. The molecule has 6 aromatic rings. The van der Waals surface area contributed by atoms with Crippen LogP contribution in [0, 0.1) is 36.0 Å². The number of carbonyl (C=O) groups excluding carboxylic acids is 6. The summed E-state index contributed by atoms with van der Waals surface area (Å²) in [4.78, 5) is 102. The first kappa shape index (κ1) is 69.2. The van der Waals surface area contributed by atoms with E-state index in [4.69, 9.17) is 40.1 Å². The van der Waals surface area contributed by atoms with Gasteiger partial charge >= 0.3 is 12.0 Å². The number of anilines is 5. The average molecular weight is 1360 g/mol. The zero-order valence-corrected chi connectivity index (χ0v) is 57.6. The molecule has 0 radical (unpaired) electrons. The standard InChI is InChI=1S/C71H89N15O11S/c1-44(2)59(79-56(87)23-30-95-31-26-84-57(88)21-22-58(84)89)64(91)76-53(13-9-24-73-66(72)94)63(90)75-48-17-15-47(16-18-48)36-86(27-32-96-33-28-86)29-34-97-71-40-68(5)37-69(6,41-71)39-70(38-68,42-71)43-85-46(4)51(35-74-85)50-19-20-55(78-60(50)65(92)93)83-25-10-11-49-45(3)61(81-82-62(49)83)80-67-77-52-12-7-8-14-54(52)98-67/h7-8,12,14-22,35,44,53,59H,9-11,13,23-34,36-43H2,1-6H3,(H7-,72,73,75,76,77,79,80,81,87,90,91,92,93,94)/p+1/t53-,59-,68+,69?,70?,71?/m0/s1. The lowest BCUT2D eigenvalue weighted by Crippen LogP contribution is -2.65. The highest BCUT2D eigenvalue weighted by atomic mass is 32.1. The van der Waals surface area contributed by atoms with Crippen molar-refractivity contribution in [1.29, 1.82) is 0 Å². The Balaban J connectivity index is 0.677. The van der Waals surface area contributed by atoms with Crippen LogP contribution < -0.4 is 37.2 Å². The quantitative estimate of drug-likeness (QED) is 0.0133. The molecular formula is C71H90N15O11S+. The molecule has 3 unspecified atom stereocenters. The number of para-hydroxylation sites is 1. The topological polar surface area (TPSA) is 329 Å². The molecular weight excluding hydrogens is 1270 g/mol. The smallest absolute Gasteiger partial charge is 0.355 e. The van der Waals surface area contributed by atoms with Gasteiger partial charge in [-0.05, 0) is 137 Å². The number of aromatic carboxylic acids is 1. The predicted octanol–water partition coefficient (Wildman–Crippen LogP) is 8.02. The van der Waals surface area contributed by atoms with Crippen molar-refractivity contribution in [1.82, 2.24) is 50.8 Å². The zero-order valence-electron chi connectivity index (χ0n) is 56.7. The summed E-state index contributed by atoms with van der Waals surface area (Å²) in [6, 6.07) is 16.7. The normalized spacial score (nSPS) is 22.8. The lowest BCUT2D eigenvalue weighted by Gasteiger charge is -2.69. The minimum Gasteiger partial charge on any atom is -0.476 e. The fourth-order valence-corrected chi connectivity index (χ4v) is 18.0. The number of quaternary nitrogens is 1. The largest absolute Gasteiger partial charge is 0.476 e. The summed E-state index contributed by atoms with van der Waals surface area (Å²) in [5, 5.41) is 40.4. The molecule has 3 aliphatic heterocycles. The van der Waals surface area contributed by atoms with E-state index < -0.39 is 53.6 Å². The SMILES string of the molecule is Cc1c(Nc2nc3ccccc3s2)nnc2c1CCCN2c1ccc(-c2cnn(CC34CC5(C)CC(OCC[N+]6(Cc7ccc(NC(=O)[C@H](CCCNC(N)=O)NC(=O)[C@@H](NC(=O)CCOCCN8C(=O)C=CC8=O)C(C)C)cc7)CCOCC6)(C3)C[C@](C)(C5)C4)c2C)c(C(=O)O)n1. The van der Waals surface area contributed by atoms with Crippen molar-refractivity contribution in [2.45, 2.75) is 143 Å². The van der Waals surface area contributed by atoms with Gasteiger partial charge in [-0.1, -0.05) is 63.3 Å². The Kier molecular flexibility index (Phi) is 20.2. The molecule has 7 amide bonds. The number of benzene rings is 2. The Hall–Kier alpha value is -8.76. The molecule has 520 valence electrons. The summed E-state index contributed by atoms with van der Waals surface area (Å²) in [5.41, 5.74) is 11.6. The summed E-state index contributed by atoms with van der Waals surface area (Å²) in [5.74, 6) is -2.03.